The van der Waals surface area contributed by atoms with E-state index in [1.807, 2.05) is 6.07 Å². The Bertz CT molecular complexity index is 467. The zero-order valence-electron chi connectivity index (χ0n) is 11.5. The Morgan fingerprint density at radius 1 is 1.26 bits per heavy atom. The lowest BCUT2D eigenvalue weighted by atomic mass is 9.95. The summed E-state index contributed by atoms with van der Waals surface area (Å²) in [6, 6.07) is 3.49. The molecule has 1 aromatic carbocycles. The minimum atomic E-state index is -0.367. The summed E-state index contributed by atoms with van der Waals surface area (Å²) in [5.74, 6) is 1.22. The van der Waals surface area contributed by atoms with Crippen molar-refractivity contribution >= 4 is 5.97 Å². The van der Waals surface area contributed by atoms with Crippen LogP contribution in [0.2, 0.25) is 0 Å². The molecule has 1 fully saturated rings. The van der Waals surface area contributed by atoms with E-state index in [9.17, 15) is 4.79 Å². The van der Waals surface area contributed by atoms with E-state index < -0.39 is 0 Å². The van der Waals surface area contributed by atoms with E-state index in [-0.39, 0.29) is 5.97 Å². The topological polar surface area (TPSA) is 56.8 Å². The molecule has 104 valence electrons. The van der Waals surface area contributed by atoms with Crippen molar-refractivity contribution in [3.63, 3.8) is 0 Å². The largest absolute Gasteiger partial charge is 0.493 e. The molecule has 0 bridgehead atoms. The first kappa shape index (κ1) is 13.7. The molecule has 1 aliphatic rings. The van der Waals surface area contributed by atoms with Gasteiger partial charge in [-0.3, -0.25) is 0 Å². The second kappa shape index (κ2) is 5.93. The van der Waals surface area contributed by atoms with Crippen LogP contribution in [0.5, 0.6) is 11.5 Å². The van der Waals surface area contributed by atoms with Crippen LogP contribution in [0.1, 0.15) is 28.3 Å². The lowest BCUT2D eigenvalue weighted by molar-refractivity contribution is 0.0600. The summed E-state index contributed by atoms with van der Waals surface area (Å²) < 4.78 is 15.5. The zero-order chi connectivity index (χ0) is 13.8. The first-order valence-electron chi connectivity index (χ1n) is 6.26. The van der Waals surface area contributed by atoms with Crippen molar-refractivity contribution in [2.75, 3.05) is 34.4 Å². The Morgan fingerprint density at radius 2 is 2.05 bits per heavy atom. The molecular weight excluding hydrogens is 246 g/mol. The molecule has 0 amide bonds. The molecule has 5 nitrogen and oxygen atoms in total. The highest BCUT2D eigenvalue weighted by Crippen LogP contribution is 2.39. The predicted octanol–water partition coefficient (Wildman–Crippen LogP) is 1.57. The predicted molar refractivity (Wildman–Crippen MR) is 71.1 cm³/mol. The van der Waals surface area contributed by atoms with Gasteiger partial charge in [-0.1, -0.05) is 0 Å². The normalized spacial score (nSPS) is 18.2. The maximum absolute atomic E-state index is 11.7. The van der Waals surface area contributed by atoms with Gasteiger partial charge in [0.05, 0.1) is 26.9 Å². The van der Waals surface area contributed by atoms with Crippen molar-refractivity contribution in [1.29, 1.82) is 0 Å². The number of methoxy groups -OCH3 is 3. The Morgan fingerprint density at radius 3 is 2.58 bits per heavy atom. The second-order valence-electron chi connectivity index (χ2n) is 4.48. The molecule has 1 aromatic rings. The summed E-state index contributed by atoms with van der Waals surface area (Å²) >= 11 is 0. The van der Waals surface area contributed by atoms with Crippen LogP contribution in [0.4, 0.5) is 0 Å². The van der Waals surface area contributed by atoms with Crippen LogP contribution in [0, 0.1) is 0 Å². The van der Waals surface area contributed by atoms with Gasteiger partial charge >= 0.3 is 5.97 Å². The number of nitrogens with one attached hydrogen (secondary N) is 1. The molecule has 19 heavy (non-hydrogen) atoms. The molecule has 1 atom stereocenters. The number of ether oxygens (including phenoxy) is 3. The van der Waals surface area contributed by atoms with Crippen LogP contribution < -0.4 is 14.8 Å². The van der Waals surface area contributed by atoms with Gasteiger partial charge in [-0.25, -0.2) is 4.79 Å². The first-order chi connectivity index (χ1) is 9.21. The molecule has 2 rings (SSSR count). The molecule has 0 aromatic heterocycles. The zero-order valence-corrected chi connectivity index (χ0v) is 11.5. The van der Waals surface area contributed by atoms with Gasteiger partial charge < -0.3 is 19.5 Å². The molecule has 1 aliphatic heterocycles. The highest BCUT2D eigenvalue weighted by Gasteiger charge is 2.25. The summed E-state index contributed by atoms with van der Waals surface area (Å²) in [7, 11) is 4.55. The standard InChI is InChI=1S/C14H19NO4/c1-17-12-7-10(14(16)19-3)6-11(13(12)18-2)9-4-5-15-8-9/h6-7,9,15H,4-5,8H2,1-3H3. The van der Waals surface area contributed by atoms with Crippen molar-refractivity contribution in [2.45, 2.75) is 12.3 Å². The van der Waals surface area contributed by atoms with E-state index in [0.29, 0.717) is 23.0 Å². The van der Waals surface area contributed by atoms with Crippen LogP contribution >= 0.6 is 0 Å². The number of hydrogen-bond donors (Lipinski definition) is 1. The maximum atomic E-state index is 11.7. The van der Waals surface area contributed by atoms with Crippen LogP contribution in [0.3, 0.4) is 0 Å². The van der Waals surface area contributed by atoms with Crippen LogP contribution in [-0.2, 0) is 4.74 Å². The molecule has 1 N–H and O–H groups in total. The van der Waals surface area contributed by atoms with Gasteiger partial charge in [0.2, 0.25) is 0 Å². The monoisotopic (exact) mass is 265 g/mol. The van der Waals surface area contributed by atoms with Crippen molar-refractivity contribution in [1.82, 2.24) is 5.32 Å². The maximum Gasteiger partial charge on any atom is 0.337 e. The second-order valence-corrected chi connectivity index (χ2v) is 4.48. The minimum Gasteiger partial charge on any atom is -0.493 e. The fourth-order valence-corrected chi connectivity index (χ4v) is 2.45. The third-order valence-corrected chi connectivity index (χ3v) is 3.43. The van der Waals surface area contributed by atoms with Gasteiger partial charge in [-0.2, -0.15) is 0 Å². The quantitative estimate of drug-likeness (QED) is 0.837. The van der Waals surface area contributed by atoms with Gasteiger partial charge in [0.25, 0.3) is 0 Å². The molecule has 0 aliphatic carbocycles. The van der Waals surface area contributed by atoms with E-state index in [4.69, 9.17) is 14.2 Å². The summed E-state index contributed by atoms with van der Waals surface area (Å²) in [6.45, 7) is 1.85. The number of esters is 1. The molecule has 5 heteroatoms. The SMILES string of the molecule is COC(=O)c1cc(OC)c(OC)c(C2CCNC2)c1. The number of benzene rings is 1. The van der Waals surface area contributed by atoms with Crippen molar-refractivity contribution in [3.8, 4) is 11.5 Å². The average Bonchev–Trinajstić information content (AvgIpc) is 2.98. The molecule has 0 saturated carbocycles. The Kier molecular flexibility index (Phi) is 4.27. The molecule has 0 spiro atoms. The molecule has 1 unspecified atom stereocenters. The average molecular weight is 265 g/mol. The van der Waals surface area contributed by atoms with E-state index in [2.05, 4.69) is 5.32 Å². The van der Waals surface area contributed by atoms with Crippen molar-refractivity contribution in [2.24, 2.45) is 0 Å². The van der Waals surface area contributed by atoms with E-state index in [1.165, 1.54) is 7.11 Å². The lowest BCUT2D eigenvalue weighted by Gasteiger charge is -2.18. The number of hydrogen-bond acceptors (Lipinski definition) is 5. The van der Waals surface area contributed by atoms with Gasteiger partial charge in [0.15, 0.2) is 11.5 Å². The van der Waals surface area contributed by atoms with E-state index >= 15 is 0 Å². The fourth-order valence-electron chi connectivity index (χ4n) is 2.45. The summed E-state index contributed by atoms with van der Waals surface area (Å²) in [4.78, 5) is 11.7. The van der Waals surface area contributed by atoms with Gasteiger partial charge in [-0.15, -0.1) is 0 Å². The highest BCUT2D eigenvalue weighted by molar-refractivity contribution is 5.90. The summed E-state index contributed by atoms with van der Waals surface area (Å²) in [5.41, 5.74) is 1.48. The van der Waals surface area contributed by atoms with E-state index in [0.717, 1.165) is 25.1 Å². The summed E-state index contributed by atoms with van der Waals surface area (Å²) in [5, 5.41) is 3.31. The third-order valence-electron chi connectivity index (χ3n) is 3.43. The van der Waals surface area contributed by atoms with Crippen LogP contribution in [0.15, 0.2) is 12.1 Å². The minimum absolute atomic E-state index is 0.327. The molecule has 1 heterocycles. The Hall–Kier alpha value is -1.75. The van der Waals surface area contributed by atoms with Crippen LogP contribution in [0.25, 0.3) is 0 Å². The lowest BCUT2D eigenvalue weighted by Crippen LogP contribution is -2.11. The smallest absolute Gasteiger partial charge is 0.337 e. The number of carbonyl (C=O) groups is 1. The van der Waals surface area contributed by atoms with Crippen molar-refractivity contribution in [3.05, 3.63) is 23.3 Å². The first-order valence-corrected chi connectivity index (χ1v) is 6.26. The molecular formula is C14H19NO4. The highest BCUT2D eigenvalue weighted by atomic mass is 16.5. The van der Waals surface area contributed by atoms with Crippen LogP contribution in [-0.4, -0.2) is 40.4 Å². The fraction of sp³-hybridized carbons (Fsp3) is 0.500. The van der Waals surface area contributed by atoms with Gasteiger partial charge in [-0.05, 0) is 25.1 Å². The van der Waals surface area contributed by atoms with Gasteiger partial charge in [0.1, 0.15) is 0 Å². The van der Waals surface area contributed by atoms with Crippen molar-refractivity contribution < 1.29 is 19.0 Å². The Balaban J connectivity index is 2.50. The number of rotatable bonds is 4. The van der Waals surface area contributed by atoms with E-state index in [1.54, 1.807) is 20.3 Å². The molecule has 1 saturated heterocycles. The Labute approximate surface area is 112 Å². The summed E-state index contributed by atoms with van der Waals surface area (Å²) in [6.07, 6.45) is 1.02. The third kappa shape index (κ3) is 2.66. The number of carbonyl (C=O) groups excluding carboxylic acids is 1. The molecule has 0 radical (unpaired) electrons. The van der Waals surface area contributed by atoms with Gasteiger partial charge in [0, 0.05) is 18.0 Å².